The van der Waals surface area contributed by atoms with Gasteiger partial charge in [0.2, 0.25) is 5.91 Å². The van der Waals surface area contributed by atoms with Gasteiger partial charge < -0.3 is 20.5 Å². The second-order valence-electron chi connectivity index (χ2n) is 7.94. The molecule has 0 aliphatic heterocycles. The Kier molecular flexibility index (Phi) is 9.88. The number of nitrogens with one attached hydrogen (secondary N) is 3. The van der Waals surface area contributed by atoms with E-state index >= 15 is 0 Å². The monoisotopic (exact) mass is 486 g/mol. The molecule has 0 spiro atoms. The molecule has 186 valence electrons. The van der Waals surface area contributed by atoms with Gasteiger partial charge in [0.1, 0.15) is 12.4 Å². The van der Waals surface area contributed by atoms with Crippen molar-refractivity contribution >= 4 is 28.6 Å². The first kappa shape index (κ1) is 26.0. The highest BCUT2D eigenvalue weighted by molar-refractivity contribution is 5.89. The van der Waals surface area contributed by atoms with Crippen LogP contribution in [0.3, 0.4) is 0 Å². The summed E-state index contributed by atoms with van der Waals surface area (Å²) >= 11 is 0. The molecule has 35 heavy (non-hydrogen) atoms. The van der Waals surface area contributed by atoms with Crippen molar-refractivity contribution in [3.8, 4) is 0 Å². The summed E-state index contributed by atoms with van der Waals surface area (Å²) in [4.78, 5) is 28.8. The third kappa shape index (κ3) is 8.27. The van der Waals surface area contributed by atoms with E-state index in [1.54, 1.807) is 12.3 Å². The maximum Gasteiger partial charge on any atom is 0.412 e. The number of nitrogens with zero attached hydrogens (tertiary/aromatic N) is 1. The van der Waals surface area contributed by atoms with E-state index in [1.807, 2.05) is 24.3 Å². The Morgan fingerprint density at radius 2 is 1.86 bits per heavy atom. The zero-order valence-corrected chi connectivity index (χ0v) is 19.1. The lowest BCUT2D eigenvalue weighted by molar-refractivity contribution is -0.121. The number of aromatic nitrogens is 1. The number of benzene rings is 2. The van der Waals surface area contributed by atoms with Crippen LogP contribution in [-0.2, 0) is 16.1 Å². The smallest absolute Gasteiger partial charge is 0.412 e. The summed E-state index contributed by atoms with van der Waals surface area (Å²) in [6, 6.07) is 12.7. The number of halogens is 2. The van der Waals surface area contributed by atoms with E-state index in [0.717, 1.165) is 16.8 Å². The van der Waals surface area contributed by atoms with Crippen molar-refractivity contribution in [2.24, 2.45) is 0 Å². The molecule has 1 aromatic heterocycles. The highest BCUT2D eigenvalue weighted by atomic mass is 19.2. The summed E-state index contributed by atoms with van der Waals surface area (Å²) in [5, 5.41) is 19.0. The number of hydrogen-bond acceptors (Lipinski definition) is 6. The Morgan fingerprint density at radius 3 is 2.66 bits per heavy atom. The molecular weight excluding hydrogens is 458 g/mol. The molecule has 10 heteroatoms. The van der Waals surface area contributed by atoms with Crippen molar-refractivity contribution in [2.75, 3.05) is 25.1 Å². The largest absolute Gasteiger partial charge is 0.447 e. The fourth-order valence-electron chi connectivity index (χ4n) is 3.44. The van der Waals surface area contributed by atoms with Gasteiger partial charge in [-0.1, -0.05) is 36.4 Å². The molecule has 1 atom stereocenters. The third-order valence-corrected chi connectivity index (χ3v) is 5.24. The number of unbranched alkanes of at least 4 members (excludes halogenated alkanes) is 1. The number of ether oxygens (including phenoxy) is 1. The molecule has 0 bridgehead atoms. The van der Waals surface area contributed by atoms with Crippen LogP contribution in [0.25, 0.3) is 10.8 Å². The van der Waals surface area contributed by atoms with Crippen LogP contribution >= 0.6 is 0 Å². The number of hydrogen-bond donors (Lipinski definition) is 4. The molecular formula is C25H28F2N4O4. The number of carbonyl (C=O) groups excluding carboxylic acids is 2. The van der Waals surface area contributed by atoms with E-state index < -0.39 is 29.7 Å². The summed E-state index contributed by atoms with van der Waals surface area (Å²) in [5.74, 6) is -1.96. The number of fused-ring (bicyclic) bond motifs is 1. The fraction of sp³-hybridized carbons (Fsp3) is 0.320. The molecule has 1 heterocycles. The van der Waals surface area contributed by atoms with Crippen molar-refractivity contribution in [1.29, 1.82) is 0 Å². The van der Waals surface area contributed by atoms with E-state index in [4.69, 9.17) is 9.84 Å². The lowest BCUT2D eigenvalue weighted by Gasteiger charge is -2.19. The Balaban J connectivity index is 1.47. The predicted octanol–water partition coefficient (Wildman–Crippen LogP) is 3.50. The van der Waals surface area contributed by atoms with E-state index in [9.17, 15) is 18.4 Å². The van der Waals surface area contributed by atoms with Gasteiger partial charge in [-0.2, -0.15) is 0 Å². The standard InChI is InChI=1S/C25H28F2N4O4/c26-21-10-5-8-19(24(21)27)13-28-15-23(33)30-20(9-3-4-11-32)16-35-25(34)31-22-12-17-6-1-2-7-18(17)14-29-22/h1-2,5-8,10,12,14,20,28,32H,3-4,9,11,13,15-16H2,(H,30,33)(H,29,31,34)/t20-/m0/s1. The van der Waals surface area contributed by atoms with E-state index in [2.05, 4.69) is 20.9 Å². The minimum absolute atomic E-state index is 0.0103. The molecule has 0 unspecified atom stereocenters. The Bertz CT molecular complexity index is 1150. The third-order valence-electron chi connectivity index (χ3n) is 5.24. The second kappa shape index (κ2) is 13.3. The fourth-order valence-corrected chi connectivity index (χ4v) is 3.44. The van der Waals surface area contributed by atoms with Crippen molar-refractivity contribution in [3.63, 3.8) is 0 Å². The van der Waals surface area contributed by atoms with E-state index in [1.165, 1.54) is 12.1 Å². The molecule has 8 nitrogen and oxygen atoms in total. The molecule has 0 saturated heterocycles. The molecule has 3 rings (SSSR count). The normalized spacial score (nSPS) is 11.7. The summed E-state index contributed by atoms with van der Waals surface area (Å²) < 4.78 is 32.3. The van der Waals surface area contributed by atoms with Crippen LogP contribution in [0.1, 0.15) is 24.8 Å². The van der Waals surface area contributed by atoms with Crippen LogP contribution in [0.5, 0.6) is 0 Å². The minimum Gasteiger partial charge on any atom is -0.447 e. The number of aliphatic hydroxyl groups is 1. The molecule has 0 aliphatic rings. The molecule has 2 amide bonds. The van der Waals surface area contributed by atoms with Crippen LogP contribution < -0.4 is 16.0 Å². The summed E-state index contributed by atoms with van der Waals surface area (Å²) in [6.07, 6.45) is 2.56. The van der Waals surface area contributed by atoms with Gasteiger partial charge in [0.05, 0.1) is 12.6 Å². The van der Waals surface area contributed by atoms with E-state index in [-0.39, 0.29) is 31.9 Å². The van der Waals surface area contributed by atoms with E-state index in [0.29, 0.717) is 25.1 Å². The van der Waals surface area contributed by atoms with Gasteiger partial charge >= 0.3 is 6.09 Å². The van der Waals surface area contributed by atoms with Crippen molar-refractivity contribution in [2.45, 2.75) is 31.8 Å². The van der Waals surface area contributed by atoms with Gasteiger partial charge in [0, 0.05) is 30.3 Å². The second-order valence-corrected chi connectivity index (χ2v) is 7.94. The Labute approximate surface area is 201 Å². The maximum absolute atomic E-state index is 13.7. The van der Waals surface area contributed by atoms with Crippen LogP contribution in [0.2, 0.25) is 0 Å². The highest BCUT2D eigenvalue weighted by Crippen LogP contribution is 2.16. The number of pyridine rings is 1. The number of anilines is 1. The molecule has 3 aromatic rings. The highest BCUT2D eigenvalue weighted by Gasteiger charge is 2.16. The van der Waals surface area contributed by atoms with Crippen molar-refractivity contribution < 1.29 is 28.2 Å². The zero-order valence-electron chi connectivity index (χ0n) is 19.1. The first-order valence-corrected chi connectivity index (χ1v) is 11.3. The summed E-state index contributed by atoms with van der Waals surface area (Å²) in [7, 11) is 0. The Hall–Kier alpha value is -3.63. The van der Waals surface area contributed by atoms with Crippen LogP contribution in [0.15, 0.2) is 54.7 Å². The van der Waals surface area contributed by atoms with Crippen molar-refractivity contribution in [1.82, 2.24) is 15.6 Å². The first-order chi connectivity index (χ1) is 17.0. The van der Waals surface area contributed by atoms with Crippen LogP contribution in [0.4, 0.5) is 19.4 Å². The summed E-state index contributed by atoms with van der Waals surface area (Å²) in [6.45, 7) is -0.241. The van der Waals surface area contributed by atoms with Gasteiger partial charge in [-0.15, -0.1) is 0 Å². The van der Waals surface area contributed by atoms with Gasteiger partial charge in [0.25, 0.3) is 0 Å². The number of amides is 2. The van der Waals surface area contributed by atoms with Gasteiger partial charge in [-0.05, 0) is 36.8 Å². The lowest BCUT2D eigenvalue weighted by atomic mass is 10.1. The molecule has 4 N–H and O–H groups in total. The van der Waals surface area contributed by atoms with Gasteiger partial charge in [-0.3, -0.25) is 10.1 Å². The predicted molar refractivity (Wildman–Crippen MR) is 128 cm³/mol. The molecule has 0 aliphatic carbocycles. The summed E-state index contributed by atoms with van der Waals surface area (Å²) in [5.41, 5.74) is 0.111. The Morgan fingerprint density at radius 1 is 1.06 bits per heavy atom. The van der Waals surface area contributed by atoms with Crippen LogP contribution in [-0.4, -0.2) is 47.9 Å². The average Bonchev–Trinajstić information content (AvgIpc) is 2.85. The SMILES string of the molecule is O=C(CNCc1cccc(F)c1F)N[C@@H](CCCCO)COC(=O)Nc1cc2ccccc2cn1. The van der Waals surface area contributed by atoms with Crippen LogP contribution in [0, 0.1) is 11.6 Å². The lowest BCUT2D eigenvalue weighted by Crippen LogP contribution is -2.43. The quantitative estimate of drug-likeness (QED) is 0.292. The zero-order chi connectivity index (χ0) is 25.0. The first-order valence-electron chi connectivity index (χ1n) is 11.3. The molecule has 0 fully saturated rings. The molecule has 2 aromatic carbocycles. The number of carbonyl (C=O) groups is 2. The van der Waals surface area contributed by atoms with Gasteiger partial charge in [0.15, 0.2) is 11.6 Å². The molecule has 0 radical (unpaired) electrons. The molecule has 0 saturated carbocycles. The number of rotatable bonds is 12. The topological polar surface area (TPSA) is 113 Å². The number of aliphatic hydroxyl groups excluding tert-OH is 1. The van der Waals surface area contributed by atoms with Crippen molar-refractivity contribution in [3.05, 3.63) is 71.9 Å². The minimum atomic E-state index is -0.956. The van der Waals surface area contributed by atoms with Gasteiger partial charge in [-0.25, -0.2) is 18.6 Å². The maximum atomic E-state index is 13.7. The average molecular weight is 487 g/mol.